The molecule has 0 radical (unpaired) electrons. The third-order valence-electron chi connectivity index (χ3n) is 5.66. The monoisotopic (exact) mass is 296 g/mol. The second-order valence-corrected chi connectivity index (χ2v) is 7.53. The Labute approximate surface area is 127 Å². The van der Waals surface area contributed by atoms with Crippen LogP contribution < -0.4 is 10.6 Å². The molecule has 0 aromatic carbocycles. The first-order valence-corrected chi connectivity index (χ1v) is 7.79. The molecule has 2 fully saturated rings. The molecular weight excluding hydrogens is 268 g/mol. The van der Waals surface area contributed by atoms with Crippen molar-refractivity contribution in [1.29, 1.82) is 0 Å². The number of carbonyl (C=O) groups is 2. The lowest BCUT2D eigenvalue weighted by molar-refractivity contribution is -0.144. The van der Waals surface area contributed by atoms with E-state index in [0.717, 1.165) is 5.92 Å². The van der Waals surface area contributed by atoms with Crippen molar-refractivity contribution in [2.24, 2.45) is 16.7 Å². The topological polar surface area (TPSA) is 67.4 Å². The Kier molecular flexibility index (Phi) is 4.34. The fourth-order valence-corrected chi connectivity index (χ4v) is 4.63. The highest BCUT2D eigenvalue weighted by Gasteiger charge is 2.59. The summed E-state index contributed by atoms with van der Waals surface area (Å²) < 4.78 is 4.77. The van der Waals surface area contributed by atoms with Gasteiger partial charge in [0, 0.05) is 19.5 Å². The summed E-state index contributed by atoms with van der Waals surface area (Å²) in [7, 11) is 1.35. The molecule has 0 aromatic rings. The predicted octanol–water partition coefficient (Wildman–Crippen LogP) is 1.47. The van der Waals surface area contributed by atoms with Crippen molar-refractivity contribution in [2.45, 2.75) is 59.0 Å². The van der Waals surface area contributed by atoms with Crippen molar-refractivity contribution in [3.8, 4) is 0 Å². The van der Waals surface area contributed by atoms with Gasteiger partial charge >= 0.3 is 5.97 Å². The van der Waals surface area contributed by atoms with E-state index < -0.39 is 12.0 Å². The maximum absolute atomic E-state index is 11.8. The maximum atomic E-state index is 11.8. The van der Waals surface area contributed by atoms with Crippen LogP contribution in [0.2, 0.25) is 0 Å². The molecule has 2 bridgehead atoms. The van der Waals surface area contributed by atoms with E-state index in [1.165, 1.54) is 33.3 Å². The number of esters is 1. The fraction of sp³-hybridized carbons (Fsp3) is 0.875. The number of amides is 1. The molecule has 21 heavy (non-hydrogen) atoms. The number of ether oxygens (including phenoxy) is 1. The van der Waals surface area contributed by atoms with Crippen molar-refractivity contribution >= 4 is 11.9 Å². The molecule has 5 nitrogen and oxygen atoms in total. The van der Waals surface area contributed by atoms with Crippen molar-refractivity contribution in [2.75, 3.05) is 13.7 Å². The molecule has 0 spiro atoms. The second kappa shape index (κ2) is 5.59. The van der Waals surface area contributed by atoms with Crippen LogP contribution in [0.15, 0.2) is 0 Å². The predicted molar refractivity (Wildman–Crippen MR) is 80.6 cm³/mol. The van der Waals surface area contributed by atoms with E-state index in [1.807, 2.05) is 0 Å². The number of carbonyl (C=O) groups excluding carboxylic acids is 2. The Morgan fingerprint density at radius 2 is 2.00 bits per heavy atom. The van der Waals surface area contributed by atoms with E-state index in [-0.39, 0.29) is 11.3 Å². The zero-order valence-corrected chi connectivity index (χ0v) is 13.8. The molecule has 0 heterocycles. The Morgan fingerprint density at radius 3 is 2.48 bits per heavy atom. The average molecular weight is 296 g/mol. The summed E-state index contributed by atoms with van der Waals surface area (Å²) in [5.41, 5.74) is 0.523. The van der Waals surface area contributed by atoms with Gasteiger partial charge in [-0.3, -0.25) is 4.79 Å². The number of hydrogen-bond acceptors (Lipinski definition) is 4. The second-order valence-electron chi connectivity index (χ2n) is 7.53. The van der Waals surface area contributed by atoms with Gasteiger partial charge in [-0.1, -0.05) is 20.8 Å². The number of fused-ring (bicyclic) bond motifs is 2. The van der Waals surface area contributed by atoms with E-state index in [9.17, 15) is 9.59 Å². The minimum absolute atomic E-state index is 0.217. The molecule has 0 aromatic heterocycles. The minimum atomic E-state index is -0.619. The van der Waals surface area contributed by atoms with Crippen LogP contribution in [0.4, 0.5) is 0 Å². The van der Waals surface area contributed by atoms with E-state index in [1.54, 1.807) is 0 Å². The smallest absolute Gasteiger partial charge is 0.329 e. The van der Waals surface area contributed by atoms with E-state index in [2.05, 4.69) is 31.4 Å². The van der Waals surface area contributed by atoms with Crippen molar-refractivity contribution in [1.82, 2.24) is 10.6 Å². The highest BCUT2D eigenvalue weighted by atomic mass is 16.5. The van der Waals surface area contributed by atoms with Crippen LogP contribution >= 0.6 is 0 Å². The van der Waals surface area contributed by atoms with E-state index in [0.29, 0.717) is 18.0 Å². The standard InChI is InChI=1S/C16H28N2O3/c1-10(19)18-12(13(20)21-5)9-17-14-15(2,3)11-6-7-16(14,4)8-11/h11-12,14,17H,6-9H2,1-5H3,(H,18,19). The zero-order valence-electron chi connectivity index (χ0n) is 13.8. The molecule has 0 aliphatic heterocycles. The van der Waals surface area contributed by atoms with Gasteiger partial charge < -0.3 is 15.4 Å². The third-order valence-corrected chi connectivity index (χ3v) is 5.66. The molecule has 2 N–H and O–H groups in total. The number of hydrogen-bond donors (Lipinski definition) is 2. The molecule has 4 atom stereocenters. The first-order chi connectivity index (χ1) is 9.70. The molecule has 120 valence electrons. The van der Waals surface area contributed by atoms with Gasteiger partial charge in [-0.05, 0) is 36.0 Å². The Bertz CT molecular complexity index is 430. The molecule has 2 saturated carbocycles. The first-order valence-electron chi connectivity index (χ1n) is 7.79. The van der Waals surface area contributed by atoms with Gasteiger partial charge in [0.1, 0.15) is 6.04 Å². The number of rotatable bonds is 5. The van der Waals surface area contributed by atoms with Crippen LogP contribution in [0.3, 0.4) is 0 Å². The van der Waals surface area contributed by atoms with E-state index >= 15 is 0 Å². The van der Waals surface area contributed by atoms with Crippen LogP contribution in [0, 0.1) is 16.7 Å². The van der Waals surface area contributed by atoms with Crippen molar-refractivity contribution < 1.29 is 14.3 Å². The normalized spacial score (nSPS) is 34.5. The summed E-state index contributed by atoms with van der Waals surface area (Å²) >= 11 is 0. The lowest BCUT2D eigenvalue weighted by atomic mass is 9.68. The van der Waals surface area contributed by atoms with Crippen molar-refractivity contribution in [3.63, 3.8) is 0 Å². The van der Waals surface area contributed by atoms with E-state index in [4.69, 9.17) is 4.74 Å². The summed E-state index contributed by atoms with van der Waals surface area (Å²) in [6.45, 7) is 8.79. The average Bonchev–Trinajstić information content (AvgIpc) is 2.86. The lowest BCUT2D eigenvalue weighted by Crippen LogP contribution is -2.55. The largest absolute Gasteiger partial charge is 0.467 e. The molecule has 1 amide bonds. The molecule has 2 aliphatic rings. The summed E-state index contributed by atoms with van der Waals surface area (Å²) in [4.78, 5) is 23.0. The van der Waals surface area contributed by atoms with Gasteiger partial charge in [-0.15, -0.1) is 0 Å². The maximum Gasteiger partial charge on any atom is 0.329 e. The van der Waals surface area contributed by atoms with Gasteiger partial charge in [-0.25, -0.2) is 4.79 Å². The first kappa shape index (κ1) is 16.3. The van der Waals surface area contributed by atoms with Crippen LogP contribution in [0.5, 0.6) is 0 Å². The molecule has 5 heteroatoms. The Morgan fingerprint density at radius 1 is 1.33 bits per heavy atom. The Balaban J connectivity index is 2.03. The quantitative estimate of drug-likeness (QED) is 0.754. The van der Waals surface area contributed by atoms with Gasteiger partial charge in [0.25, 0.3) is 0 Å². The summed E-state index contributed by atoms with van der Waals surface area (Å²) in [5, 5.41) is 6.21. The summed E-state index contributed by atoms with van der Waals surface area (Å²) in [5.74, 6) is 0.131. The lowest BCUT2D eigenvalue weighted by Gasteiger charge is -2.43. The van der Waals surface area contributed by atoms with Gasteiger partial charge in [0.05, 0.1) is 7.11 Å². The highest BCUT2D eigenvalue weighted by molar-refractivity contribution is 5.83. The molecule has 0 saturated heterocycles. The van der Waals surface area contributed by atoms with Gasteiger partial charge in [0.2, 0.25) is 5.91 Å². The van der Waals surface area contributed by atoms with Gasteiger partial charge in [-0.2, -0.15) is 0 Å². The SMILES string of the molecule is COC(=O)C(CNC1C2(C)CCC(C2)C1(C)C)NC(C)=O. The zero-order chi connectivity index (χ0) is 15.8. The van der Waals surface area contributed by atoms with Crippen LogP contribution in [0.1, 0.15) is 47.0 Å². The summed E-state index contributed by atoms with van der Waals surface area (Å²) in [6, 6.07) is -0.254. The molecule has 4 unspecified atom stereocenters. The van der Waals surface area contributed by atoms with Gasteiger partial charge in [0.15, 0.2) is 0 Å². The van der Waals surface area contributed by atoms with Crippen LogP contribution in [-0.4, -0.2) is 37.6 Å². The molecule has 2 rings (SSSR count). The minimum Gasteiger partial charge on any atom is -0.467 e. The molecular formula is C16H28N2O3. The van der Waals surface area contributed by atoms with Crippen LogP contribution in [0.25, 0.3) is 0 Å². The fourth-order valence-electron chi connectivity index (χ4n) is 4.63. The van der Waals surface area contributed by atoms with Crippen molar-refractivity contribution in [3.05, 3.63) is 0 Å². The third kappa shape index (κ3) is 2.93. The number of methoxy groups -OCH3 is 1. The molecule has 2 aliphatic carbocycles. The highest BCUT2D eigenvalue weighted by Crippen LogP contribution is 2.62. The van der Waals surface area contributed by atoms with Crippen LogP contribution in [-0.2, 0) is 14.3 Å². The Hall–Kier alpha value is -1.10. The summed E-state index contributed by atoms with van der Waals surface area (Å²) in [6.07, 6.45) is 3.79. The number of nitrogens with one attached hydrogen (secondary N) is 2.